The molecule has 4 rings (SSSR count). The first-order valence-corrected chi connectivity index (χ1v) is 11.3. The molecule has 1 aliphatic heterocycles. The molecule has 1 aliphatic rings. The summed E-state index contributed by atoms with van der Waals surface area (Å²) in [6.45, 7) is 6.49. The minimum absolute atomic E-state index is 0.586. The zero-order valence-corrected chi connectivity index (χ0v) is 19.1. The van der Waals surface area contributed by atoms with Gasteiger partial charge in [-0.15, -0.1) is 0 Å². The topological polar surface area (TPSA) is 44.3 Å². The number of hydrogen-bond acceptors (Lipinski definition) is 5. The van der Waals surface area contributed by atoms with Crippen LogP contribution in [0.2, 0.25) is 5.02 Å². The van der Waals surface area contributed by atoms with E-state index in [1.807, 2.05) is 0 Å². The summed E-state index contributed by atoms with van der Waals surface area (Å²) < 4.78 is 0. The second-order valence-electron chi connectivity index (χ2n) is 8.23. The third-order valence-corrected chi connectivity index (χ3v) is 6.25. The van der Waals surface area contributed by atoms with E-state index in [4.69, 9.17) is 11.6 Å². The normalized spacial score (nSPS) is 14.6. The third-order valence-electron chi connectivity index (χ3n) is 5.93. The minimum Gasteiger partial charge on any atom is -0.369 e. The van der Waals surface area contributed by atoms with Gasteiger partial charge < -0.3 is 15.1 Å². The van der Waals surface area contributed by atoms with Crippen molar-refractivity contribution in [2.24, 2.45) is 0 Å². The number of aryl methyl sites for hydroxylation is 3. The maximum atomic E-state index is 6.37. The van der Waals surface area contributed by atoms with Crippen LogP contribution in [0.15, 0.2) is 54.7 Å². The van der Waals surface area contributed by atoms with Crippen LogP contribution in [-0.2, 0) is 12.8 Å². The van der Waals surface area contributed by atoms with Gasteiger partial charge in [0.05, 0.1) is 16.9 Å². The Balaban J connectivity index is 1.36. The van der Waals surface area contributed by atoms with Gasteiger partial charge in [-0.25, -0.2) is 9.97 Å². The molecule has 0 amide bonds. The molecule has 1 N–H and O–H groups in total. The monoisotopic (exact) mass is 435 g/mol. The molecule has 2 aromatic carbocycles. The predicted molar refractivity (Wildman–Crippen MR) is 130 cm³/mol. The SMILES string of the molecule is Cc1ccccc1CCCc1nc(Nc2ccc(N3CCN(C)CC3)cc2)ncc1Cl. The number of anilines is 3. The number of piperazine rings is 1. The van der Waals surface area contributed by atoms with Crippen LogP contribution in [0.1, 0.15) is 23.2 Å². The molecule has 0 unspecified atom stereocenters. The number of nitrogens with zero attached hydrogens (tertiary/aromatic N) is 4. The van der Waals surface area contributed by atoms with Gasteiger partial charge in [-0.2, -0.15) is 0 Å². The van der Waals surface area contributed by atoms with Gasteiger partial charge >= 0.3 is 0 Å². The van der Waals surface area contributed by atoms with E-state index >= 15 is 0 Å². The number of halogens is 1. The van der Waals surface area contributed by atoms with Crippen LogP contribution in [0.25, 0.3) is 0 Å². The fourth-order valence-electron chi connectivity index (χ4n) is 3.92. The van der Waals surface area contributed by atoms with Gasteiger partial charge in [0.1, 0.15) is 0 Å². The van der Waals surface area contributed by atoms with Crippen LogP contribution in [0.3, 0.4) is 0 Å². The number of nitrogens with one attached hydrogen (secondary N) is 1. The summed E-state index contributed by atoms with van der Waals surface area (Å²) in [5.74, 6) is 0.586. The van der Waals surface area contributed by atoms with Crippen molar-refractivity contribution < 1.29 is 0 Å². The summed E-state index contributed by atoms with van der Waals surface area (Å²) in [5.41, 5.74) is 5.84. The Hall–Kier alpha value is -2.63. The molecule has 0 bridgehead atoms. The highest BCUT2D eigenvalue weighted by Crippen LogP contribution is 2.23. The summed E-state index contributed by atoms with van der Waals surface area (Å²) in [5, 5.41) is 3.94. The van der Waals surface area contributed by atoms with E-state index in [0.29, 0.717) is 11.0 Å². The average Bonchev–Trinajstić information content (AvgIpc) is 2.78. The molecule has 0 aliphatic carbocycles. The number of hydrogen-bond donors (Lipinski definition) is 1. The van der Waals surface area contributed by atoms with Gasteiger partial charge in [0, 0.05) is 37.6 Å². The lowest BCUT2D eigenvalue weighted by atomic mass is 10.0. The second-order valence-corrected chi connectivity index (χ2v) is 8.64. The largest absolute Gasteiger partial charge is 0.369 e. The van der Waals surface area contributed by atoms with E-state index < -0.39 is 0 Å². The molecule has 0 spiro atoms. The molecule has 0 saturated carbocycles. The highest BCUT2D eigenvalue weighted by molar-refractivity contribution is 6.31. The molecule has 31 heavy (non-hydrogen) atoms. The smallest absolute Gasteiger partial charge is 0.227 e. The first-order chi connectivity index (χ1) is 15.1. The van der Waals surface area contributed by atoms with Crippen molar-refractivity contribution in [3.63, 3.8) is 0 Å². The van der Waals surface area contributed by atoms with Crippen molar-refractivity contribution in [2.75, 3.05) is 43.4 Å². The molecule has 1 aromatic heterocycles. The third kappa shape index (κ3) is 5.75. The number of aromatic nitrogens is 2. The summed E-state index contributed by atoms with van der Waals surface area (Å²) in [6, 6.07) is 17.0. The molecular formula is C25H30ClN5. The number of benzene rings is 2. The maximum absolute atomic E-state index is 6.37. The molecule has 0 radical (unpaired) electrons. The second kappa shape index (κ2) is 10.1. The summed E-state index contributed by atoms with van der Waals surface area (Å²) in [4.78, 5) is 13.8. The fourth-order valence-corrected chi connectivity index (χ4v) is 4.11. The first-order valence-electron chi connectivity index (χ1n) is 10.9. The van der Waals surface area contributed by atoms with E-state index in [1.54, 1.807) is 6.20 Å². The van der Waals surface area contributed by atoms with Gasteiger partial charge in [0.2, 0.25) is 5.95 Å². The van der Waals surface area contributed by atoms with Gasteiger partial charge in [-0.05, 0) is 68.6 Å². The molecule has 1 saturated heterocycles. The van der Waals surface area contributed by atoms with Crippen molar-refractivity contribution in [3.05, 3.63) is 76.6 Å². The standard InChI is InChI=1S/C25H30ClN5/c1-19-6-3-4-7-20(19)8-5-9-24-23(26)18-27-25(29-24)28-21-10-12-22(13-11-21)31-16-14-30(2)15-17-31/h3-4,6-7,10-13,18H,5,8-9,14-17H2,1-2H3,(H,27,28,29). The molecule has 2 heterocycles. The van der Waals surface area contributed by atoms with Gasteiger partial charge in [0.15, 0.2) is 0 Å². The Morgan fingerprint density at radius 3 is 2.45 bits per heavy atom. The Morgan fingerprint density at radius 1 is 0.968 bits per heavy atom. The van der Waals surface area contributed by atoms with Crippen molar-refractivity contribution in [1.82, 2.24) is 14.9 Å². The molecule has 162 valence electrons. The molecule has 5 nitrogen and oxygen atoms in total. The summed E-state index contributed by atoms with van der Waals surface area (Å²) in [7, 11) is 2.17. The van der Waals surface area contributed by atoms with E-state index in [0.717, 1.165) is 56.8 Å². The van der Waals surface area contributed by atoms with Gasteiger partial charge in [-0.3, -0.25) is 0 Å². The lowest BCUT2D eigenvalue weighted by Gasteiger charge is -2.34. The Kier molecular flexibility index (Phi) is 7.05. The van der Waals surface area contributed by atoms with Crippen molar-refractivity contribution >= 4 is 28.9 Å². The van der Waals surface area contributed by atoms with Crippen LogP contribution < -0.4 is 10.2 Å². The number of rotatable bonds is 7. The molecule has 3 aromatic rings. The highest BCUT2D eigenvalue weighted by atomic mass is 35.5. The lowest BCUT2D eigenvalue weighted by Crippen LogP contribution is -2.44. The van der Waals surface area contributed by atoms with Crippen molar-refractivity contribution in [2.45, 2.75) is 26.2 Å². The fraction of sp³-hybridized carbons (Fsp3) is 0.360. The van der Waals surface area contributed by atoms with E-state index in [9.17, 15) is 0 Å². The Morgan fingerprint density at radius 2 is 1.71 bits per heavy atom. The van der Waals surface area contributed by atoms with Crippen LogP contribution in [0.4, 0.5) is 17.3 Å². The predicted octanol–water partition coefficient (Wildman–Crippen LogP) is 5.11. The van der Waals surface area contributed by atoms with Crippen molar-refractivity contribution in [1.29, 1.82) is 0 Å². The van der Waals surface area contributed by atoms with Gasteiger partial charge in [0.25, 0.3) is 0 Å². The zero-order valence-electron chi connectivity index (χ0n) is 18.3. The zero-order chi connectivity index (χ0) is 21.6. The van der Waals surface area contributed by atoms with E-state index in [-0.39, 0.29) is 0 Å². The molecular weight excluding hydrogens is 406 g/mol. The highest BCUT2D eigenvalue weighted by Gasteiger charge is 2.14. The van der Waals surface area contributed by atoms with E-state index in [2.05, 4.69) is 87.6 Å². The quantitative estimate of drug-likeness (QED) is 0.558. The van der Waals surface area contributed by atoms with Crippen molar-refractivity contribution in [3.8, 4) is 0 Å². The van der Waals surface area contributed by atoms with Gasteiger partial charge in [-0.1, -0.05) is 35.9 Å². The lowest BCUT2D eigenvalue weighted by molar-refractivity contribution is 0.313. The molecule has 0 atom stereocenters. The van der Waals surface area contributed by atoms with Crippen LogP contribution in [0.5, 0.6) is 0 Å². The Bertz CT molecular complexity index is 997. The van der Waals surface area contributed by atoms with Crippen LogP contribution >= 0.6 is 11.6 Å². The summed E-state index contributed by atoms with van der Waals surface area (Å²) in [6.07, 6.45) is 4.54. The first kappa shape index (κ1) is 21.6. The van der Waals surface area contributed by atoms with Crippen LogP contribution in [-0.4, -0.2) is 48.1 Å². The molecule has 1 fully saturated rings. The minimum atomic E-state index is 0.586. The van der Waals surface area contributed by atoms with Crippen LogP contribution in [0, 0.1) is 6.92 Å². The number of likely N-dealkylation sites (N-methyl/N-ethyl adjacent to an activating group) is 1. The average molecular weight is 436 g/mol. The maximum Gasteiger partial charge on any atom is 0.227 e. The molecule has 6 heteroatoms. The summed E-state index contributed by atoms with van der Waals surface area (Å²) >= 11 is 6.37. The Labute approximate surface area is 190 Å². The van der Waals surface area contributed by atoms with E-state index in [1.165, 1.54) is 16.8 Å².